The molecule has 0 heterocycles. The Morgan fingerprint density at radius 3 is 2.75 bits per heavy atom. The van der Waals surface area contributed by atoms with Crippen molar-refractivity contribution in [2.45, 2.75) is 26.2 Å². The maximum Gasteiger partial charge on any atom is 0.0117 e. The SMILES string of the molecule is C#CCC1CC1CC. The summed E-state index contributed by atoms with van der Waals surface area (Å²) in [5.74, 6) is 4.57. The summed E-state index contributed by atoms with van der Waals surface area (Å²) in [5.41, 5.74) is 0. The van der Waals surface area contributed by atoms with Crippen LogP contribution in [0.25, 0.3) is 0 Å². The van der Waals surface area contributed by atoms with Gasteiger partial charge >= 0.3 is 0 Å². The molecule has 0 amide bonds. The number of rotatable bonds is 2. The number of hydrogen-bond acceptors (Lipinski definition) is 0. The van der Waals surface area contributed by atoms with Crippen LogP contribution in [0.15, 0.2) is 0 Å². The topological polar surface area (TPSA) is 0 Å². The first-order chi connectivity index (χ1) is 3.88. The summed E-state index contributed by atoms with van der Waals surface area (Å²) in [6.45, 7) is 2.24. The highest BCUT2D eigenvalue weighted by Gasteiger charge is 2.33. The van der Waals surface area contributed by atoms with E-state index in [0.717, 1.165) is 18.3 Å². The van der Waals surface area contributed by atoms with Gasteiger partial charge in [0.15, 0.2) is 0 Å². The van der Waals surface area contributed by atoms with Crippen LogP contribution >= 0.6 is 0 Å². The van der Waals surface area contributed by atoms with Crippen LogP contribution in [0.1, 0.15) is 26.2 Å². The van der Waals surface area contributed by atoms with Gasteiger partial charge in [-0.2, -0.15) is 0 Å². The lowest BCUT2D eigenvalue weighted by Gasteiger charge is -1.85. The summed E-state index contributed by atoms with van der Waals surface area (Å²) in [4.78, 5) is 0. The minimum Gasteiger partial charge on any atom is -0.120 e. The van der Waals surface area contributed by atoms with Crippen LogP contribution in [-0.2, 0) is 0 Å². The molecule has 0 aliphatic heterocycles. The molecule has 8 heavy (non-hydrogen) atoms. The van der Waals surface area contributed by atoms with Gasteiger partial charge in [-0.05, 0) is 18.3 Å². The van der Waals surface area contributed by atoms with Crippen molar-refractivity contribution in [3.63, 3.8) is 0 Å². The Morgan fingerprint density at radius 1 is 1.62 bits per heavy atom. The zero-order chi connectivity index (χ0) is 5.98. The molecular weight excluding hydrogens is 96.1 g/mol. The minimum absolute atomic E-state index is 0.894. The predicted octanol–water partition coefficient (Wildman–Crippen LogP) is 2.06. The molecule has 0 heteroatoms. The van der Waals surface area contributed by atoms with Crippen molar-refractivity contribution in [2.24, 2.45) is 11.8 Å². The van der Waals surface area contributed by atoms with E-state index in [2.05, 4.69) is 12.8 Å². The molecule has 0 spiro atoms. The normalized spacial score (nSPS) is 34.0. The van der Waals surface area contributed by atoms with Crippen molar-refractivity contribution in [2.75, 3.05) is 0 Å². The molecule has 0 N–H and O–H groups in total. The van der Waals surface area contributed by atoms with Crippen LogP contribution in [-0.4, -0.2) is 0 Å². The van der Waals surface area contributed by atoms with E-state index in [0.29, 0.717) is 0 Å². The second-order valence-electron chi connectivity index (χ2n) is 2.57. The van der Waals surface area contributed by atoms with Crippen LogP contribution in [0, 0.1) is 24.2 Å². The van der Waals surface area contributed by atoms with Gasteiger partial charge in [0.1, 0.15) is 0 Å². The first kappa shape index (κ1) is 5.69. The fraction of sp³-hybridized carbons (Fsp3) is 0.750. The van der Waals surface area contributed by atoms with Gasteiger partial charge in [-0.3, -0.25) is 0 Å². The third kappa shape index (κ3) is 1.04. The van der Waals surface area contributed by atoms with Crippen molar-refractivity contribution in [1.29, 1.82) is 0 Å². The summed E-state index contributed by atoms with van der Waals surface area (Å²) in [7, 11) is 0. The molecule has 0 radical (unpaired) electrons. The molecule has 1 aliphatic carbocycles. The molecule has 0 aromatic carbocycles. The highest BCUT2D eigenvalue weighted by Crippen LogP contribution is 2.42. The fourth-order valence-electron chi connectivity index (χ4n) is 1.21. The largest absolute Gasteiger partial charge is 0.120 e. The second kappa shape index (κ2) is 2.22. The highest BCUT2D eigenvalue weighted by atomic mass is 14.4. The fourth-order valence-corrected chi connectivity index (χ4v) is 1.21. The van der Waals surface area contributed by atoms with E-state index in [4.69, 9.17) is 6.42 Å². The molecule has 0 saturated heterocycles. The van der Waals surface area contributed by atoms with Crippen molar-refractivity contribution in [3.05, 3.63) is 0 Å². The van der Waals surface area contributed by atoms with Crippen LogP contribution in [0.3, 0.4) is 0 Å². The minimum atomic E-state index is 0.894. The van der Waals surface area contributed by atoms with E-state index in [-0.39, 0.29) is 0 Å². The summed E-state index contributed by atoms with van der Waals surface area (Å²) in [6, 6.07) is 0. The second-order valence-corrected chi connectivity index (χ2v) is 2.57. The molecule has 0 nitrogen and oxygen atoms in total. The molecule has 0 aromatic rings. The molecule has 1 fully saturated rings. The summed E-state index contributed by atoms with van der Waals surface area (Å²) in [5, 5.41) is 0. The van der Waals surface area contributed by atoms with Gasteiger partial charge in [-0.15, -0.1) is 12.3 Å². The van der Waals surface area contributed by atoms with Gasteiger partial charge < -0.3 is 0 Å². The third-order valence-electron chi connectivity index (χ3n) is 1.97. The number of hydrogen-bond donors (Lipinski definition) is 0. The van der Waals surface area contributed by atoms with Gasteiger partial charge in [0.25, 0.3) is 0 Å². The van der Waals surface area contributed by atoms with Gasteiger partial charge in [0.2, 0.25) is 0 Å². The Kier molecular flexibility index (Phi) is 1.58. The van der Waals surface area contributed by atoms with E-state index in [1.54, 1.807) is 0 Å². The van der Waals surface area contributed by atoms with Crippen molar-refractivity contribution < 1.29 is 0 Å². The van der Waals surface area contributed by atoms with Gasteiger partial charge in [0.05, 0.1) is 0 Å². The van der Waals surface area contributed by atoms with Gasteiger partial charge in [-0.1, -0.05) is 13.3 Å². The summed E-state index contributed by atoms with van der Waals surface area (Å²) < 4.78 is 0. The number of terminal acetylenes is 1. The Hall–Kier alpha value is -0.440. The van der Waals surface area contributed by atoms with E-state index >= 15 is 0 Å². The Bertz CT molecular complexity index is 108. The molecule has 1 aliphatic rings. The molecule has 1 rings (SSSR count). The predicted molar refractivity (Wildman–Crippen MR) is 35.3 cm³/mol. The van der Waals surface area contributed by atoms with Gasteiger partial charge in [0, 0.05) is 6.42 Å². The average molecular weight is 108 g/mol. The quantitative estimate of drug-likeness (QED) is 0.475. The molecule has 2 unspecified atom stereocenters. The zero-order valence-corrected chi connectivity index (χ0v) is 5.35. The zero-order valence-electron chi connectivity index (χ0n) is 5.35. The summed E-state index contributed by atoms with van der Waals surface area (Å²) >= 11 is 0. The van der Waals surface area contributed by atoms with Gasteiger partial charge in [-0.25, -0.2) is 0 Å². The molecular formula is C8H12. The first-order valence-electron chi connectivity index (χ1n) is 3.32. The lowest BCUT2D eigenvalue weighted by atomic mass is 10.2. The van der Waals surface area contributed by atoms with E-state index in [9.17, 15) is 0 Å². The molecule has 44 valence electrons. The smallest absolute Gasteiger partial charge is 0.0117 e. The molecule has 0 aromatic heterocycles. The van der Waals surface area contributed by atoms with Crippen molar-refractivity contribution >= 4 is 0 Å². The lowest BCUT2D eigenvalue weighted by Crippen LogP contribution is -1.76. The Labute approximate surface area is 51.3 Å². The monoisotopic (exact) mass is 108 g/mol. The van der Waals surface area contributed by atoms with Crippen LogP contribution in [0.4, 0.5) is 0 Å². The van der Waals surface area contributed by atoms with E-state index in [1.165, 1.54) is 12.8 Å². The molecule has 0 bridgehead atoms. The van der Waals surface area contributed by atoms with Crippen LogP contribution in [0.2, 0.25) is 0 Å². The van der Waals surface area contributed by atoms with Crippen molar-refractivity contribution in [3.8, 4) is 12.3 Å². The van der Waals surface area contributed by atoms with E-state index in [1.807, 2.05) is 0 Å². The highest BCUT2D eigenvalue weighted by molar-refractivity contribution is 4.96. The lowest BCUT2D eigenvalue weighted by molar-refractivity contribution is 0.695. The Morgan fingerprint density at radius 2 is 2.38 bits per heavy atom. The maximum atomic E-state index is 5.14. The maximum absolute atomic E-state index is 5.14. The molecule has 2 atom stereocenters. The Balaban J connectivity index is 2.10. The average Bonchev–Trinajstić information content (AvgIpc) is 2.48. The van der Waals surface area contributed by atoms with Crippen molar-refractivity contribution in [1.82, 2.24) is 0 Å². The molecule has 1 saturated carbocycles. The standard InChI is InChI=1S/C8H12/c1-3-5-8-6-7(8)4-2/h1,7-8H,4-6H2,2H3. The van der Waals surface area contributed by atoms with Crippen LogP contribution < -0.4 is 0 Å². The third-order valence-corrected chi connectivity index (χ3v) is 1.97. The summed E-state index contributed by atoms with van der Waals surface area (Å²) in [6.07, 6.45) is 8.86. The van der Waals surface area contributed by atoms with E-state index < -0.39 is 0 Å². The van der Waals surface area contributed by atoms with Crippen LogP contribution in [0.5, 0.6) is 0 Å². The first-order valence-corrected chi connectivity index (χ1v) is 3.32.